The summed E-state index contributed by atoms with van der Waals surface area (Å²) in [6.45, 7) is 2.82. The number of thioether (sulfide) groups is 1. The maximum absolute atomic E-state index is 11.3. The molecule has 3 atom stereocenters. The van der Waals surface area contributed by atoms with Gasteiger partial charge in [-0.15, -0.1) is 16.9 Å². The third-order valence-electron chi connectivity index (χ3n) is 7.06. The summed E-state index contributed by atoms with van der Waals surface area (Å²) in [6.07, 6.45) is 6.16. The van der Waals surface area contributed by atoms with E-state index < -0.39 is 12.1 Å². The standard InChI is InChI=1S/C27H34N4O4S/c1-35-21-6-7-24-23(17-21)22(10-13-28-24)25(32)8-4-19-11-14-31(18-20(19)5-9-27(33)34)15-16-36-26-3-2-12-29-30-26/h2-3,6-7,10,12-13,17,19-20,25,32H,4-5,8-9,11,14-16,18H2,1H3,(H,33,34)/t19?,20?,25-/m0/s1. The van der Waals surface area contributed by atoms with Gasteiger partial charge in [-0.3, -0.25) is 9.78 Å². The van der Waals surface area contributed by atoms with E-state index in [1.165, 1.54) is 0 Å². The number of hydrogen-bond acceptors (Lipinski definition) is 8. The van der Waals surface area contributed by atoms with Gasteiger partial charge in [-0.2, -0.15) is 5.10 Å². The lowest BCUT2D eigenvalue weighted by Gasteiger charge is -2.39. The predicted octanol–water partition coefficient (Wildman–Crippen LogP) is 4.44. The number of rotatable bonds is 12. The summed E-state index contributed by atoms with van der Waals surface area (Å²) in [6, 6.07) is 11.4. The number of hydrogen-bond donors (Lipinski definition) is 2. The first-order valence-electron chi connectivity index (χ1n) is 12.5. The number of piperidine rings is 1. The van der Waals surface area contributed by atoms with Gasteiger partial charge < -0.3 is 19.8 Å². The van der Waals surface area contributed by atoms with Gasteiger partial charge in [0.1, 0.15) is 10.8 Å². The number of carboxylic acids is 1. The van der Waals surface area contributed by atoms with Gasteiger partial charge in [-0.1, -0.05) is 0 Å². The molecule has 0 aliphatic carbocycles. The van der Waals surface area contributed by atoms with Crippen LogP contribution in [-0.4, -0.2) is 68.8 Å². The van der Waals surface area contributed by atoms with Crippen molar-refractivity contribution in [2.24, 2.45) is 11.8 Å². The second-order valence-electron chi connectivity index (χ2n) is 9.33. The predicted molar refractivity (Wildman–Crippen MR) is 140 cm³/mol. The van der Waals surface area contributed by atoms with Gasteiger partial charge in [0.2, 0.25) is 0 Å². The molecular weight excluding hydrogens is 476 g/mol. The number of aliphatic carboxylic acids is 1. The number of benzene rings is 1. The van der Waals surface area contributed by atoms with Crippen molar-refractivity contribution in [1.82, 2.24) is 20.1 Å². The Hall–Kier alpha value is -2.75. The first-order chi connectivity index (χ1) is 17.5. The number of fused-ring (bicyclic) bond motifs is 1. The molecule has 0 bridgehead atoms. The van der Waals surface area contributed by atoms with Gasteiger partial charge >= 0.3 is 5.97 Å². The van der Waals surface area contributed by atoms with Crippen molar-refractivity contribution in [3.8, 4) is 5.75 Å². The van der Waals surface area contributed by atoms with Crippen LogP contribution in [-0.2, 0) is 4.79 Å². The average molecular weight is 511 g/mol. The minimum absolute atomic E-state index is 0.181. The number of aliphatic hydroxyl groups excluding tert-OH is 1. The molecule has 1 aliphatic heterocycles. The van der Waals surface area contributed by atoms with Crippen LogP contribution in [0.25, 0.3) is 10.9 Å². The molecule has 0 amide bonds. The number of carboxylic acid groups (broad SMARTS) is 1. The van der Waals surface area contributed by atoms with Gasteiger partial charge in [-0.25, -0.2) is 0 Å². The highest BCUT2D eigenvalue weighted by Crippen LogP contribution is 2.35. The third-order valence-corrected chi connectivity index (χ3v) is 7.96. The van der Waals surface area contributed by atoms with Crippen molar-refractivity contribution >= 4 is 28.6 Å². The Morgan fingerprint density at radius 3 is 2.89 bits per heavy atom. The summed E-state index contributed by atoms with van der Waals surface area (Å²) in [4.78, 5) is 18.2. The summed E-state index contributed by atoms with van der Waals surface area (Å²) in [7, 11) is 1.63. The lowest BCUT2D eigenvalue weighted by atomic mass is 9.79. The molecule has 36 heavy (non-hydrogen) atoms. The van der Waals surface area contributed by atoms with Gasteiger partial charge in [0.15, 0.2) is 0 Å². The van der Waals surface area contributed by atoms with Gasteiger partial charge in [0.05, 0.1) is 18.7 Å². The molecule has 8 nitrogen and oxygen atoms in total. The highest BCUT2D eigenvalue weighted by Gasteiger charge is 2.30. The van der Waals surface area contributed by atoms with E-state index in [0.29, 0.717) is 24.7 Å². The molecule has 1 saturated heterocycles. The molecule has 1 aromatic carbocycles. The molecule has 192 valence electrons. The van der Waals surface area contributed by atoms with Crippen LogP contribution in [0.2, 0.25) is 0 Å². The Kier molecular flexibility index (Phi) is 9.49. The number of aliphatic hydroxyl groups is 1. The van der Waals surface area contributed by atoms with E-state index in [9.17, 15) is 15.0 Å². The molecule has 4 rings (SSSR count). The smallest absolute Gasteiger partial charge is 0.303 e. The van der Waals surface area contributed by atoms with E-state index in [4.69, 9.17) is 4.74 Å². The second kappa shape index (κ2) is 13.0. The Morgan fingerprint density at radius 2 is 2.11 bits per heavy atom. The van der Waals surface area contributed by atoms with Gasteiger partial charge in [-0.05, 0) is 86.0 Å². The van der Waals surface area contributed by atoms with E-state index in [0.717, 1.165) is 65.5 Å². The van der Waals surface area contributed by atoms with Crippen molar-refractivity contribution in [2.45, 2.75) is 43.2 Å². The molecule has 3 heterocycles. The molecule has 1 aliphatic rings. The highest BCUT2D eigenvalue weighted by molar-refractivity contribution is 7.99. The summed E-state index contributed by atoms with van der Waals surface area (Å²) >= 11 is 1.69. The Morgan fingerprint density at radius 1 is 1.22 bits per heavy atom. The van der Waals surface area contributed by atoms with E-state index in [1.807, 2.05) is 36.4 Å². The van der Waals surface area contributed by atoms with Crippen LogP contribution in [0.4, 0.5) is 0 Å². The van der Waals surface area contributed by atoms with E-state index in [2.05, 4.69) is 20.1 Å². The van der Waals surface area contributed by atoms with Gasteiger partial charge in [0, 0.05) is 43.0 Å². The van der Waals surface area contributed by atoms with Crippen molar-refractivity contribution in [3.05, 3.63) is 54.4 Å². The number of methoxy groups -OCH3 is 1. The van der Waals surface area contributed by atoms with Crippen LogP contribution in [0, 0.1) is 11.8 Å². The van der Waals surface area contributed by atoms with Crippen LogP contribution in [0.3, 0.4) is 0 Å². The Bertz CT molecular complexity index is 1130. The van der Waals surface area contributed by atoms with Gasteiger partial charge in [0.25, 0.3) is 0 Å². The Balaban J connectivity index is 1.35. The van der Waals surface area contributed by atoms with Crippen molar-refractivity contribution in [2.75, 3.05) is 32.5 Å². The fourth-order valence-corrected chi connectivity index (χ4v) is 5.95. The second-order valence-corrected chi connectivity index (χ2v) is 10.4. The number of pyridine rings is 1. The minimum Gasteiger partial charge on any atom is -0.497 e. The molecule has 1 fully saturated rings. The van der Waals surface area contributed by atoms with Crippen LogP contribution >= 0.6 is 11.8 Å². The summed E-state index contributed by atoms with van der Waals surface area (Å²) < 4.78 is 5.37. The third kappa shape index (κ3) is 7.15. The molecule has 0 saturated carbocycles. The number of nitrogens with zero attached hydrogens (tertiary/aromatic N) is 4. The van der Waals surface area contributed by atoms with Crippen molar-refractivity contribution in [1.29, 1.82) is 0 Å². The first kappa shape index (κ1) is 26.3. The number of ether oxygens (including phenoxy) is 1. The zero-order valence-corrected chi connectivity index (χ0v) is 21.4. The van der Waals surface area contributed by atoms with Crippen LogP contribution < -0.4 is 4.74 Å². The normalized spacial score (nSPS) is 19.3. The molecular formula is C27H34N4O4S. The monoisotopic (exact) mass is 510 g/mol. The molecule has 0 radical (unpaired) electrons. The van der Waals surface area contributed by atoms with Crippen LogP contribution in [0.5, 0.6) is 5.75 Å². The molecule has 3 aromatic rings. The summed E-state index contributed by atoms with van der Waals surface area (Å²) in [5.74, 6) is 1.61. The van der Waals surface area contributed by atoms with Crippen LogP contribution in [0.15, 0.2) is 53.8 Å². The molecule has 2 aromatic heterocycles. The quantitative estimate of drug-likeness (QED) is 0.342. The van der Waals surface area contributed by atoms with E-state index in [1.54, 1.807) is 31.3 Å². The lowest BCUT2D eigenvalue weighted by molar-refractivity contribution is -0.137. The summed E-state index contributed by atoms with van der Waals surface area (Å²) in [5.41, 5.74) is 1.69. The highest BCUT2D eigenvalue weighted by atomic mass is 32.2. The SMILES string of the molecule is COc1ccc2nccc([C@@H](O)CCC3CCN(CCSc4cccnn4)CC3CCC(=O)O)c2c1. The fourth-order valence-electron chi connectivity index (χ4n) is 5.11. The van der Waals surface area contributed by atoms with Crippen molar-refractivity contribution < 1.29 is 19.7 Å². The number of likely N-dealkylation sites (tertiary alicyclic amines) is 1. The largest absolute Gasteiger partial charge is 0.497 e. The van der Waals surface area contributed by atoms with Crippen molar-refractivity contribution in [3.63, 3.8) is 0 Å². The topological polar surface area (TPSA) is 109 Å². The average Bonchev–Trinajstić information content (AvgIpc) is 2.91. The lowest BCUT2D eigenvalue weighted by Crippen LogP contribution is -2.41. The number of aromatic nitrogens is 3. The first-order valence-corrected chi connectivity index (χ1v) is 13.5. The fraction of sp³-hybridized carbons (Fsp3) is 0.481. The zero-order chi connectivity index (χ0) is 25.3. The Labute approximate surface area is 216 Å². The van der Waals surface area contributed by atoms with E-state index >= 15 is 0 Å². The summed E-state index contributed by atoms with van der Waals surface area (Å²) in [5, 5.41) is 30.3. The molecule has 2 unspecified atom stereocenters. The maximum Gasteiger partial charge on any atom is 0.303 e. The maximum atomic E-state index is 11.3. The number of carbonyl (C=O) groups is 1. The molecule has 9 heteroatoms. The zero-order valence-electron chi connectivity index (χ0n) is 20.6. The van der Waals surface area contributed by atoms with Crippen LogP contribution in [0.1, 0.15) is 43.8 Å². The molecule has 2 N–H and O–H groups in total. The van der Waals surface area contributed by atoms with E-state index in [-0.39, 0.29) is 6.42 Å². The molecule has 0 spiro atoms. The minimum atomic E-state index is -0.749.